The number of nitrogens with one attached hydrogen (secondary N) is 2. The van der Waals surface area contributed by atoms with E-state index in [1.165, 1.54) is 7.11 Å². The molecule has 0 aliphatic rings. The first kappa shape index (κ1) is 18.8. The standard InChI is InChI=1S/C18H19BrN2O4/c1-11-4-7-14(8-5-11)25-12(2)17(22)20-21-18(23)13-6-9-16(24-3)15(19)10-13/h4-10,12H,1-3H3,(H,20,22)(H,21,23). The second kappa shape index (κ2) is 8.53. The molecule has 0 heterocycles. The van der Waals surface area contributed by atoms with Gasteiger partial charge in [-0.25, -0.2) is 0 Å². The largest absolute Gasteiger partial charge is 0.496 e. The zero-order chi connectivity index (χ0) is 18.4. The van der Waals surface area contributed by atoms with Crippen LogP contribution in [0.25, 0.3) is 0 Å². The molecule has 132 valence electrons. The van der Waals surface area contributed by atoms with Gasteiger partial charge in [0, 0.05) is 5.56 Å². The first-order valence-electron chi connectivity index (χ1n) is 7.57. The molecule has 2 aromatic carbocycles. The molecule has 0 fully saturated rings. The van der Waals surface area contributed by atoms with E-state index in [0.717, 1.165) is 5.56 Å². The number of hydrogen-bond acceptors (Lipinski definition) is 4. The number of ether oxygens (including phenoxy) is 2. The van der Waals surface area contributed by atoms with Gasteiger partial charge in [0.15, 0.2) is 6.10 Å². The maximum absolute atomic E-state index is 12.1. The Hall–Kier alpha value is -2.54. The highest BCUT2D eigenvalue weighted by molar-refractivity contribution is 9.10. The number of carbonyl (C=O) groups is 2. The molecule has 1 unspecified atom stereocenters. The van der Waals surface area contributed by atoms with Crippen LogP contribution in [-0.2, 0) is 4.79 Å². The van der Waals surface area contributed by atoms with Gasteiger partial charge in [-0.1, -0.05) is 17.7 Å². The highest BCUT2D eigenvalue weighted by atomic mass is 79.9. The monoisotopic (exact) mass is 406 g/mol. The first-order chi connectivity index (χ1) is 11.9. The molecule has 2 aromatic rings. The summed E-state index contributed by atoms with van der Waals surface area (Å²) in [5.41, 5.74) is 6.18. The van der Waals surface area contributed by atoms with E-state index in [1.807, 2.05) is 19.1 Å². The Morgan fingerprint density at radius 1 is 1.08 bits per heavy atom. The van der Waals surface area contributed by atoms with Gasteiger partial charge in [-0.2, -0.15) is 0 Å². The van der Waals surface area contributed by atoms with Crippen LogP contribution in [0.1, 0.15) is 22.8 Å². The molecule has 25 heavy (non-hydrogen) atoms. The Kier molecular flexibility index (Phi) is 6.41. The molecule has 0 aromatic heterocycles. The summed E-state index contributed by atoms with van der Waals surface area (Å²) in [5, 5.41) is 0. The van der Waals surface area contributed by atoms with Crippen LogP contribution in [0.15, 0.2) is 46.9 Å². The number of hydrogen-bond donors (Lipinski definition) is 2. The Balaban J connectivity index is 1.89. The van der Waals surface area contributed by atoms with Gasteiger partial charge in [0.2, 0.25) is 0 Å². The summed E-state index contributed by atoms with van der Waals surface area (Å²) in [6, 6.07) is 12.2. The van der Waals surface area contributed by atoms with E-state index in [2.05, 4.69) is 26.8 Å². The van der Waals surface area contributed by atoms with Crippen molar-refractivity contribution in [3.8, 4) is 11.5 Å². The van der Waals surface area contributed by atoms with Gasteiger partial charge in [0.05, 0.1) is 11.6 Å². The van der Waals surface area contributed by atoms with Crippen LogP contribution in [0.2, 0.25) is 0 Å². The van der Waals surface area contributed by atoms with Crippen LogP contribution in [-0.4, -0.2) is 25.0 Å². The molecule has 6 nitrogen and oxygen atoms in total. The van der Waals surface area contributed by atoms with E-state index < -0.39 is 17.9 Å². The molecule has 2 rings (SSSR count). The minimum atomic E-state index is -0.759. The minimum Gasteiger partial charge on any atom is -0.496 e. The fourth-order valence-corrected chi connectivity index (χ4v) is 2.51. The van der Waals surface area contributed by atoms with Gasteiger partial charge in [0.25, 0.3) is 11.8 Å². The molecule has 0 bridgehead atoms. The smallest absolute Gasteiger partial charge is 0.279 e. The highest BCUT2D eigenvalue weighted by Gasteiger charge is 2.16. The second-order valence-corrected chi connectivity index (χ2v) is 6.22. The normalized spacial score (nSPS) is 11.4. The lowest BCUT2D eigenvalue weighted by Crippen LogP contribution is -2.47. The van der Waals surface area contributed by atoms with E-state index in [-0.39, 0.29) is 0 Å². The molecular weight excluding hydrogens is 388 g/mol. The summed E-state index contributed by atoms with van der Waals surface area (Å²) in [5.74, 6) is 0.292. The van der Waals surface area contributed by atoms with Crippen molar-refractivity contribution in [2.75, 3.05) is 7.11 Å². The van der Waals surface area contributed by atoms with Gasteiger partial charge in [0.1, 0.15) is 11.5 Å². The molecule has 0 aliphatic heterocycles. The van der Waals surface area contributed by atoms with Gasteiger partial charge in [-0.3, -0.25) is 20.4 Å². The predicted molar refractivity (Wildman–Crippen MR) is 97.6 cm³/mol. The van der Waals surface area contributed by atoms with Crippen molar-refractivity contribution < 1.29 is 19.1 Å². The maximum atomic E-state index is 12.1. The summed E-state index contributed by atoms with van der Waals surface area (Å²) in [6.45, 7) is 3.57. The molecule has 0 radical (unpaired) electrons. The van der Waals surface area contributed by atoms with Crippen LogP contribution >= 0.6 is 15.9 Å². The molecule has 0 spiro atoms. The van der Waals surface area contributed by atoms with Gasteiger partial charge >= 0.3 is 0 Å². The molecule has 2 N–H and O–H groups in total. The average Bonchev–Trinajstić information content (AvgIpc) is 2.61. The molecule has 0 saturated carbocycles. The Morgan fingerprint density at radius 3 is 2.36 bits per heavy atom. The van der Waals surface area contributed by atoms with E-state index in [4.69, 9.17) is 9.47 Å². The van der Waals surface area contributed by atoms with E-state index in [9.17, 15) is 9.59 Å². The number of carbonyl (C=O) groups excluding carboxylic acids is 2. The third-order valence-electron chi connectivity index (χ3n) is 3.42. The average molecular weight is 407 g/mol. The number of hydrazine groups is 1. The van der Waals surface area contributed by atoms with Crippen molar-refractivity contribution in [2.45, 2.75) is 20.0 Å². The molecule has 7 heteroatoms. The van der Waals surface area contributed by atoms with E-state index in [1.54, 1.807) is 37.3 Å². The lowest BCUT2D eigenvalue weighted by molar-refractivity contribution is -0.128. The van der Waals surface area contributed by atoms with Gasteiger partial charge in [-0.05, 0) is 60.1 Å². The number of halogens is 1. The highest BCUT2D eigenvalue weighted by Crippen LogP contribution is 2.25. The summed E-state index contributed by atoms with van der Waals surface area (Å²) in [6.07, 6.45) is -0.759. The fraction of sp³-hybridized carbons (Fsp3) is 0.222. The summed E-state index contributed by atoms with van der Waals surface area (Å²) in [4.78, 5) is 24.1. The summed E-state index contributed by atoms with van der Waals surface area (Å²) >= 11 is 3.31. The molecule has 0 saturated heterocycles. The van der Waals surface area contributed by atoms with Crippen LogP contribution in [0.4, 0.5) is 0 Å². The zero-order valence-corrected chi connectivity index (χ0v) is 15.7. The van der Waals surface area contributed by atoms with E-state index >= 15 is 0 Å². The van der Waals surface area contributed by atoms with Crippen molar-refractivity contribution in [2.24, 2.45) is 0 Å². The topological polar surface area (TPSA) is 76.7 Å². The Morgan fingerprint density at radius 2 is 1.76 bits per heavy atom. The first-order valence-corrected chi connectivity index (χ1v) is 8.37. The number of amides is 2. The molecule has 2 amide bonds. The van der Waals surface area contributed by atoms with Crippen molar-refractivity contribution in [3.63, 3.8) is 0 Å². The SMILES string of the molecule is COc1ccc(C(=O)NNC(=O)C(C)Oc2ccc(C)cc2)cc1Br. The Labute approximate surface area is 154 Å². The van der Waals surface area contributed by atoms with Crippen LogP contribution in [0, 0.1) is 6.92 Å². The zero-order valence-electron chi connectivity index (χ0n) is 14.1. The van der Waals surface area contributed by atoms with E-state index in [0.29, 0.717) is 21.5 Å². The Bertz CT molecular complexity index is 762. The number of methoxy groups -OCH3 is 1. The third-order valence-corrected chi connectivity index (χ3v) is 4.04. The van der Waals surface area contributed by atoms with Crippen molar-refractivity contribution in [1.82, 2.24) is 10.9 Å². The van der Waals surface area contributed by atoms with Crippen LogP contribution in [0.3, 0.4) is 0 Å². The maximum Gasteiger partial charge on any atom is 0.279 e. The quantitative estimate of drug-likeness (QED) is 0.748. The number of rotatable bonds is 5. The number of benzene rings is 2. The lowest BCUT2D eigenvalue weighted by Gasteiger charge is -2.15. The molecule has 1 atom stereocenters. The summed E-state index contributed by atoms with van der Waals surface area (Å²) < 4.78 is 11.3. The van der Waals surface area contributed by atoms with Crippen molar-refractivity contribution in [1.29, 1.82) is 0 Å². The number of aryl methyl sites for hydroxylation is 1. The molecular formula is C18H19BrN2O4. The van der Waals surface area contributed by atoms with Gasteiger partial charge in [-0.15, -0.1) is 0 Å². The van der Waals surface area contributed by atoms with Crippen LogP contribution < -0.4 is 20.3 Å². The fourth-order valence-electron chi connectivity index (χ4n) is 1.97. The van der Waals surface area contributed by atoms with Crippen LogP contribution in [0.5, 0.6) is 11.5 Å². The van der Waals surface area contributed by atoms with Gasteiger partial charge < -0.3 is 9.47 Å². The second-order valence-electron chi connectivity index (χ2n) is 5.37. The summed E-state index contributed by atoms with van der Waals surface area (Å²) in [7, 11) is 1.54. The predicted octanol–water partition coefficient (Wildman–Crippen LogP) is 2.99. The third kappa shape index (κ3) is 5.22. The molecule has 0 aliphatic carbocycles. The van der Waals surface area contributed by atoms with Crippen molar-refractivity contribution >= 4 is 27.7 Å². The lowest BCUT2D eigenvalue weighted by atomic mass is 10.2. The minimum absolute atomic E-state index is 0.375. The van der Waals surface area contributed by atoms with Crippen molar-refractivity contribution in [3.05, 3.63) is 58.1 Å².